The second-order valence-electron chi connectivity index (χ2n) is 8.61. The maximum absolute atomic E-state index is 13.6. The summed E-state index contributed by atoms with van der Waals surface area (Å²) >= 11 is 1.68. The molecule has 1 aromatic heterocycles. The summed E-state index contributed by atoms with van der Waals surface area (Å²) in [6, 6.07) is 21.0. The standard InChI is InChI=1S/C29H37N3O4S/c1-4-35-19-9-18-31(29(34)30-25-13-15-26(16-14-25)36-5-2)22-28(33)32(20-24-10-7-6-8-11-24)21-27-17-12-23(3)37-27/h6-8,10-17H,4-5,9,18-22H2,1-3H3,(H,30,34). The van der Waals surface area contributed by atoms with Crippen LogP contribution >= 0.6 is 11.3 Å². The summed E-state index contributed by atoms with van der Waals surface area (Å²) in [5.74, 6) is 0.637. The third-order valence-electron chi connectivity index (χ3n) is 5.66. The summed E-state index contributed by atoms with van der Waals surface area (Å²) in [6.07, 6.45) is 0.640. The van der Waals surface area contributed by atoms with Crippen LogP contribution in [0.4, 0.5) is 10.5 Å². The van der Waals surface area contributed by atoms with Crippen molar-refractivity contribution < 1.29 is 19.1 Å². The Kier molecular flexibility index (Phi) is 11.5. The molecule has 3 aromatic rings. The third-order valence-corrected chi connectivity index (χ3v) is 6.65. The first-order valence-corrected chi connectivity index (χ1v) is 13.5. The Hall–Kier alpha value is -3.36. The fourth-order valence-corrected chi connectivity index (χ4v) is 4.72. The first-order valence-electron chi connectivity index (χ1n) is 12.7. The van der Waals surface area contributed by atoms with Crippen LogP contribution in [-0.4, -0.2) is 54.6 Å². The fourth-order valence-electron chi connectivity index (χ4n) is 3.82. The summed E-state index contributed by atoms with van der Waals surface area (Å²) in [5, 5.41) is 2.92. The van der Waals surface area contributed by atoms with Crippen LogP contribution in [0.5, 0.6) is 5.75 Å². The van der Waals surface area contributed by atoms with Gasteiger partial charge in [0.2, 0.25) is 5.91 Å². The predicted molar refractivity (Wildman–Crippen MR) is 149 cm³/mol. The van der Waals surface area contributed by atoms with Gasteiger partial charge in [0.15, 0.2) is 0 Å². The van der Waals surface area contributed by atoms with Crippen LogP contribution in [0, 0.1) is 6.92 Å². The molecular weight excluding hydrogens is 486 g/mol. The summed E-state index contributed by atoms with van der Waals surface area (Å²) in [7, 11) is 0. The minimum atomic E-state index is -0.319. The molecule has 0 saturated carbocycles. The van der Waals surface area contributed by atoms with Gasteiger partial charge in [0.1, 0.15) is 12.3 Å². The zero-order valence-corrected chi connectivity index (χ0v) is 22.8. The number of nitrogens with zero attached hydrogens (tertiary/aromatic N) is 2. The Morgan fingerprint density at radius 3 is 2.30 bits per heavy atom. The molecule has 0 radical (unpaired) electrons. The predicted octanol–water partition coefficient (Wildman–Crippen LogP) is 5.94. The van der Waals surface area contributed by atoms with E-state index in [1.165, 1.54) is 4.88 Å². The van der Waals surface area contributed by atoms with Crippen molar-refractivity contribution in [1.29, 1.82) is 0 Å². The molecule has 2 aromatic carbocycles. The number of thiophene rings is 1. The van der Waals surface area contributed by atoms with Gasteiger partial charge < -0.3 is 24.6 Å². The molecule has 0 spiro atoms. The van der Waals surface area contributed by atoms with Crippen LogP contribution in [0.25, 0.3) is 0 Å². The van der Waals surface area contributed by atoms with Crippen molar-refractivity contribution in [3.63, 3.8) is 0 Å². The highest BCUT2D eigenvalue weighted by Gasteiger charge is 2.22. The van der Waals surface area contributed by atoms with Gasteiger partial charge >= 0.3 is 6.03 Å². The zero-order valence-electron chi connectivity index (χ0n) is 21.9. The van der Waals surface area contributed by atoms with E-state index < -0.39 is 0 Å². The number of amides is 3. The van der Waals surface area contributed by atoms with E-state index in [0.29, 0.717) is 51.6 Å². The number of anilines is 1. The van der Waals surface area contributed by atoms with E-state index in [4.69, 9.17) is 9.47 Å². The van der Waals surface area contributed by atoms with E-state index in [9.17, 15) is 9.59 Å². The number of hydrogen-bond acceptors (Lipinski definition) is 5. The summed E-state index contributed by atoms with van der Waals surface area (Å²) in [4.78, 5) is 32.5. The van der Waals surface area contributed by atoms with E-state index in [1.54, 1.807) is 28.4 Å². The van der Waals surface area contributed by atoms with Crippen molar-refractivity contribution in [3.8, 4) is 5.75 Å². The lowest BCUT2D eigenvalue weighted by molar-refractivity contribution is -0.133. The van der Waals surface area contributed by atoms with E-state index in [2.05, 4.69) is 24.4 Å². The second-order valence-corrected chi connectivity index (χ2v) is 9.98. The zero-order chi connectivity index (χ0) is 26.5. The molecule has 0 aliphatic rings. The molecule has 0 fully saturated rings. The number of aryl methyl sites for hydroxylation is 1. The van der Waals surface area contributed by atoms with Gasteiger partial charge in [-0.2, -0.15) is 0 Å². The summed E-state index contributed by atoms with van der Waals surface area (Å²) < 4.78 is 10.9. The molecule has 0 saturated heterocycles. The Morgan fingerprint density at radius 1 is 0.892 bits per heavy atom. The van der Waals surface area contributed by atoms with E-state index >= 15 is 0 Å². The Labute approximate surface area is 224 Å². The molecule has 0 aliphatic heterocycles. The van der Waals surface area contributed by atoms with E-state index in [-0.39, 0.29) is 18.5 Å². The molecule has 1 N–H and O–H groups in total. The number of ether oxygens (including phenoxy) is 2. The molecule has 37 heavy (non-hydrogen) atoms. The van der Waals surface area contributed by atoms with Gasteiger partial charge in [-0.3, -0.25) is 4.79 Å². The molecule has 3 rings (SSSR count). The minimum Gasteiger partial charge on any atom is -0.494 e. The van der Waals surface area contributed by atoms with Crippen LogP contribution in [0.2, 0.25) is 0 Å². The Balaban J connectivity index is 1.73. The van der Waals surface area contributed by atoms with Crippen molar-refractivity contribution in [2.24, 2.45) is 0 Å². The van der Waals surface area contributed by atoms with Crippen molar-refractivity contribution in [1.82, 2.24) is 9.80 Å². The number of urea groups is 1. The van der Waals surface area contributed by atoms with Gasteiger partial charge in [0, 0.05) is 41.7 Å². The van der Waals surface area contributed by atoms with Gasteiger partial charge in [-0.1, -0.05) is 30.3 Å². The fraction of sp³-hybridized carbons (Fsp3) is 0.379. The molecule has 0 unspecified atom stereocenters. The average molecular weight is 524 g/mol. The highest BCUT2D eigenvalue weighted by atomic mass is 32.1. The SMILES string of the molecule is CCOCCCN(CC(=O)N(Cc1ccccc1)Cc1ccc(C)s1)C(=O)Nc1ccc(OCC)cc1. The smallest absolute Gasteiger partial charge is 0.322 e. The molecule has 0 aliphatic carbocycles. The quantitative estimate of drug-likeness (QED) is 0.265. The molecular formula is C29H37N3O4S. The number of nitrogens with one attached hydrogen (secondary N) is 1. The normalized spacial score (nSPS) is 10.7. The van der Waals surface area contributed by atoms with Crippen LogP contribution in [0.3, 0.4) is 0 Å². The van der Waals surface area contributed by atoms with Gasteiger partial charge in [-0.05, 0) is 69.2 Å². The summed E-state index contributed by atoms with van der Waals surface area (Å²) in [5.41, 5.74) is 1.69. The van der Waals surface area contributed by atoms with E-state index in [1.807, 2.05) is 61.2 Å². The van der Waals surface area contributed by atoms with Crippen molar-refractivity contribution >= 4 is 29.0 Å². The lowest BCUT2D eigenvalue weighted by atomic mass is 10.2. The van der Waals surface area contributed by atoms with Gasteiger partial charge in [0.05, 0.1) is 13.2 Å². The van der Waals surface area contributed by atoms with Gasteiger partial charge in [-0.15, -0.1) is 11.3 Å². The lowest BCUT2D eigenvalue weighted by Crippen LogP contribution is -2.44. The average Bonchev–Trinajstić information content (AvgIpc) is 3.31. The Bertz CT molecular complexity index is 1100. The third kappa shape index (κ3) is 9.55. The van der Waals surface area contributed by atoms with Crippen molar-refractivity contribution in [3.05, 3.63) is 82.0 Å². The number of carbonyl (C=O) groups is 2. The van der Waals surface area contributed by atoms with Gasteiger partial charge in [0.25, 0.3) is 0 Å². The Morgan fingerprint density at radius 2 is 1.65 bits per heavy atom. The molecule has 8 heteroatoms. The van der Waals surface area contributed by atoms with Crippen LogP contribution in [-0.2, 0) is 22.6 Å². The van der Waals surface area contributed by atoms with Crippen molar-refractivity contribution in [2.75, 3.05) is 38.2 Å². The molecule has 0 bridgehead atoms. The largest absolute Gasteiger partial charge is 0.494 e. The molecule has 7 nitrogen and oxygen atoms in total. The van der Waals surface area contributed by atoms with Crippen molar-refractivity contribution in [2.45, 2.75) is 40.3 Å². The van der Waals surface area contributed by atoms with Crippen LogP contribution in [0.1, 0.15) is 35.6 Å². The summed E-state index contributed by atoms with van der Waals surface area (Å²) in [6.45, 7) is 9.00. The minimum absolute atomic E-state index is 0.0216. The number of carbonyl (C=O) groups excluding carboxylic acids is 2. The second kappa shape index (κ2) is 15.0. The number of benzene rings is 2. The number of rotatable bonds is 14. The molecule has 3 amide bonds. The van der Waals surface area contributed by atoms with Gasteiger partial charge in [-0.25, -0.2) is 4.79 Å². The molecule has 1 heterocycles. The monoisotopic (exact) mass is 523 g/mol. The maximum Gasteiger partial charge on any atom is 0.322 e. The first-order chi connectivity index (χ1) is 18.0. The van der Waals surface area contributed by atoms with Crippen LogP contribution < -0.4 is 10.1 Å². The highest BCUT2D eigenvalue weighted by molar-refractivity contribution is 7.11. The van der Waals surface area contributed by atoms with Crippen LogP contribution in [0.15, 0.2) is 66.7 Å². The lowest BCUT2D eigenvalue weighted by Gasteiger charge is -2.28. The topological polar surface area (TPSA) is 71.1 Å². The maximum atomic E-state index is 13.6. The number of hydrogen-bond donors (Lipinski definition) is 1. The molecule has 0 atom stereocenters. The first kappa shape index (κ1) is 28.2. The van der Waals surface area contributed by atoms with E-state index in [0.717, 1.165) is 16.2 Å². The molecule has 198 valence electrons. The highest BCUT2D eigenvalue weighted by Crippen LogP contribution is 2.20.